The Morgan fingerprint density at radius 1 is 0.900 bits per heavy atom. The Hall–Kier alpha value is -3.74. The molecule has 4 aromatic rings. The molecule has 4 nitrogen and oxygen atoms in total. The number of fused-ring (bicyclic) bond motifs is 1. The second-order valence-corrected chi connectivity index (χ2v) is 6.71. The maximum Gasteiger partial charge on any atom is 0.416 e. The van der Waals surface area contributed by atoms with E-state index in [1.54, 1.807) is 48.5 Å². The van der Waals surface area contributed by atoms with Gasteiger partial charge >= 0.3 is 11.8 Å². The van der Waals surface area contributed by atoms with Crippen LogP contribution in [0.2, 0.25) is 0 Å². The molecule has 0 bridgehead atoms. The van der Waals surface area contributed by atoms with E-state index < -0.39 is 17.4 Å². The van der Waals surface area contributed by atoms with E-state index in [-0.39, 0.29) is 22.4 Å². The Morgan fingerprint density at radius 2 is 1.60 bits per heavy atom. The maximum atomic E-state index is 13.4. The molecule has 2 N–H and O–H groups in total. The minimum absolute atomic E-state index is 0.0576. The smallest absolute Gasteiger partial charge is 0.416 e. The van der Waals surface area contributed by atoms with E-state index in [1.165, 1.54) is 13.2 Å². The molecule has 0 radical (unpaired) electrons. The fourth-order valence-corrected chi connectivity index (χ4v) is 3.43. The standard InChI is InChI=1S/C23H16F3NO3/c1-29-17-8-6-13(7-9-17)21-20(18-4-2-3-5-19(18)30-22(21)28)14-10-15(23(24,25)26)12-16(27)11-14/h2-12H,27H2,1H3. The van der Waals surface area contributed by atoms with Crippen LogP contribution in [0.4, 0.5) is 18.9 Å². The largest absolute Gasteiger partial charge is 0.497 e. The number of benzene rings is 3. The van der Waals surface area contributed by atoms with Crippen LogP contribution >= 0.6 is 0 Å². The summed E-state index contributed by atoms with van der Waals surface area (Å²) in [6.07, 6.45) is -4.58. The number of hydrogen-bond donors (Lipinski definition) is 1. The van der Waals surface area contributed by atoms with Crippen LogP contribution in [-0.2, 0) is 6.18 Å². The summed E-state index contributed by atoms with van der Waals surface area (Å²) in [6, 6.07) is 16.6. The van der Waals surface area contributed by atoms with E-state index in [9.17, 15) is 18.0 Å². The normalized spacial score (nSPS) is 11.6. The molecule has 7 heteroatoms. The molecule has 0 unspecified atom stereocenters. The number of rotatable bonds is 3. The minimum atomic E-state index is -4.58. The van der Waals surface area contributed by atoms with Crippen molar-refractivity contribution in [3.63, 3.8) is 0 Å². The van der Waals surface area contributed by atoms with E-state index >= 15 is 0 Å². The third kappa shape index (κ3) is 3.50. The molecule has 3 aromatic carbocycles. The predicted molar refractivity (Wildman–Crippen MR) is 109 cm³/mol. The highest BCUT2D eigenvalue weighted by atomic mass is 19.4. The van der Waals surface area contributed by atoms with Crippen molar-refractivity contribution >= 4 is 16.7 Å². The molecule has 0 saturated heterocycles. The number of ether oxygens (including phenoxy) is 1. The van der Waals surface area contributed by atoms with Crippen molar-refractivity contribution in [3.05, 3.63) is 82.7 Å². The molecule has 1 heterocycles. The molecule has 0 aliphatic rings. The summed E-state index contributed by atoms with van der Waals surface area (Å²) < 4.78 is 50.8. The van der Waals surface area contributed by atoms with Crippen LogP contribution in [0.25, 0.3) is 33.2 Å². The first-order valence-corrected chi connectivity index (χ1v) is 8.96. The van der Waals surface area contributed by atoms with Crippen LogP contribution in [0.1, 0.15) is 5.56 Å². The Morgan fingerprint density at radius 3 is 2.27 bits per heavy atom. The van der Waals surface area contributed by atoms with Gasteiger partial charge in [-0.1, -0.05) is 30.3 Å². The van der Waals surface area contributed by atoms with Crippen LogP contribution in [0, 0.1) is 0 Å². The highest BCUT2D eigenvalue weighted by Crippen LogP contribution is 2.40. The van der Waals surface area contributed by atoms with Gasteiger partial charge in [0.1, 0.15) is 11.3 Å². The van der Waals surface area contributed by atoms with E-state index in [0.717, 1.165) is 12.1 Å². The summed E-state index contributed by atoms with van der Waals surface area (Å²) in [6.45, 7) is 0. The van der Waals surface area contributed by atoms with Crippen molar-refractivity contribution in [2.75, 3.05) is 12.8 Å². The molecule has 0 fully saturated rings. The summed E-state index contributed by atoms with van der Waals surface area (Å²) >= 11 is 0. The molecule has 0 aliphatic heterocycles. The highest BCUT2D eigenvalue weighted by Gasteiger charge is 2.32. The second-order valence-electron chi connectivity index (χ2n) is 6.71. The zero-order valence-electron chi connectivity index (χ0n) is 15.8. The van der Waals surface area contributed by atoms with Crippen LogP contribution in [-0.4, -0.2) is 7.11 Å². The first kappa shape index (κ1) is 19.6. The zero-order valence-corrected chi connectivity index (χ0v) is 15.8. The number of nitrogens with two attached hydrogens (primary N) is 1. The molecule has 0 amide bonds. The quantitative estimate of drug-likeness (QED) is 0.345. The van der Waals surface area contributed by atoms with Crippen molar-refractivity contribution in [1.82, 2.24) is 0 Å². The number of alkyl halides is 3. The first-order valence-electron chi connectivity index (χ1n) is 8.96. The van der Waals surface area contributed by atoms with Crippen LogP contribution in [0.5, 0.6) is 5.75 Å². The topological polar surface area (TPSA) is 65.5 Å². The van der Waals surface area contributed by atoms with E-state index in [1.807, 2.05) is 0 Å². The van der Waals surface area contributed by atoms with Gasteiger partial charge in [0.2, 0.25) is 0 Å². The lowest BCUT2D eigenvalue weighted by atomic mass is 9.91. The van der Waals surface area contributed by atoms with E-state index in [0.29, 0.717) is 22.3 Å². The van der Waals surface area contributed by atoms with Gasteiger partial charge in [0.25, 0.3) is 0 Å². The van der Waals surface area contributed by atoms with Crippen LogP contribution in [0.3, 0.4) is 0 Å². The van der Waals surface area contributed by atoms with Gasteiger partial charge in [-0.25, -0.2) is 4.79 Å². The molecule has 0 aliphatic carbocycles. The molecule has 30 heavy (non-hydrogen) atoms. The summed E-state index contributed by atoms with van der Waals surface area (Å²) in [5.74, 6) is 0.578. The van der Waals surface area contributed by atoms with Crippen molar-refractivity contribution in [3.8, 4) is 28.0 Å². The van der Waals surface area contributed by atoms with Gasteiger partial charge in [-0.2, -0.15) is 13.2 Å². The van der Waals surface area contributed by atoms with E-state index in [2.05, 4.69) is 0 Å². The Labute approximate surface area is 169 Å². The van der Waals surface area contributed by atoms with Gasteiger partial charge < -0.3 is 14.9 Å². The van der Waals surface area contributed by atoms with Crippen LogP contribution in [0.15, 0.2) is 75.9 Å². The molecule has 0 atom stereocenters. The Balaban J connectivity index is 2.10. The summed E-state index contributed by atoms with van der Waals surface area (Å²) in [5.41, 5.74) is 5.58. The highest BCUT2D eigenvalue weighted by molar-refractivity contribution is 6.01. The third-order valence-electron chi connectivity index (χ3n) is 4.76. The number of nitrogen functional groups attached to an aromatic ring is 1. The second kappa shape index (κ2) is 7.26. The van der Waals surface area contributed by atoms with Gasteiger partial charge in [-0.05, 0) is 47.5 Å². The summed E-state index contributed by atoms with van der Waals surface area (Å²) in [4.78, 5) is 12.9. The number of anilines is 1. The van der Waals surface area contributed by atoms with Crippen molar-refractivity contribution in [2.45, 2.75) is 6.18 Å². The minimum Gasteiger partial charge on any atom is -0.497 e. The van der Waals surface area contributed by atoms with Crippen molar-refractivity contribution in [2.24, 2.45) is 0 Å². The molecular weight excluding hydrogens is 395 g/mol. The molecule has 4 rings (SSSR count). The van der Waals surface area contributed by atoms with Gasteiger partial charge in [0.15, 0.2) is 0 Å². The lowest BCUT2D eigenvalue weighted by Crippen LogP contribution is -2.08. The molecule has 0 saturated carbocycles. The zero-order chi connectivity index (χ0) is 21.5. The molecule has 0 spiro atoms. The predicted octanol–water partition coefficient (Wildman–Crippen LogP) is 5.74. The fraction of sp³-hybridized carbons (Fsp3) is 0.0870. The third-order valence-corrected chi connectivity index (χ3v) is 4.76. The summed E-state index contributed by atoms with van der Waals surface area (Å²) in [5, 5.41) is 0.502. The number of hydrogen-bond acceptors (Lipinski definition) is 4. The van der Waals surface area contributed by atoms with Gasteiger partial charge in [-0.3, -0.25) is 0 Å². The fourth-order valence-electron chi connectivity index (χ4n) is 3.43. The van der Waals surface area contributed by atoms with Gasteiger partial charge in [0.05, 0.1) is 18.2 Å². The average molecular weight is 411 g/mol. The van der Waals surface area contributed by atoms with Gasteiger partial charge in [-0.15, -0.1) is 0 Å². The monoisotopic (exact) mass is 411 g/mol. The molecular formula is C23H16F3NO3. The lowest BCUT2D eigenvalue weighted by molar-refractivity contribution is -0.137. The molecule has 1 aromatic heterocycles. The Bertz CT molecular complexity index is 1290. The number of para-hydroxylation sites is 1. The van der Waals surface area contributed by atoms with Gasteiger partial charge in [0, 0.05) is 16.6 Å². The van der Waals surface area contributed by atoms with E-state index in [4.69, 9.17) is 14.9 Å². The first-order chi connectivity index (χ1) is 14.3. The van der Waals surface area contributed by atoms with Crippen LogP contribution < -0.4 is 16.1 Å². The summed E-state index contributed by atoms with van der Waals surface area (Å²) in [7, 11) is 1.51. The van der Waals surface area contributed by atoms with Crippen molar-refractivity contribution in [1.29, 1.82) is 0 Å². The lowest BCUT2D eigenvalue weighted by Gasteiger charge is -2.15. The Kier molecular flexibility index (Phi) is 4.73. The number of halogens is 3. The number of methoxy groups -OCH3 is 1. The van der Waals surface area contributed by atoms with Crippen molar-refractivity contribution < 1.29 is 22.3 Å². The average Bonchev–Trinajstić information content (AvgIpc) is 2.72. The SMILES string of the molecule is COc1ccc(-c2c(-c3cc(N)cc(C(F)(F)F)c3)c3ccccc3oc2=O)cc1. The maximum absolute atomic E-state index is 13.4. The molecule has 152 valence electrons.